The highest BCUT2D eigenvalue weighted by molar-refractivity contribution is 5.90. The molecule has 0 unspecified atom stereocenters. The highest BCUT2D eigenvalue weighted by atomic mass is 16.5. The highest BCUT2D eigenvalue weighted by Gasteiger charge is 2.17. The summed E-state index contributed by atoms with van der Waals surface area (Å²) in [6, 6.07) is 16.2. The van der Waals surface area contributed by atoms with Gasteiger partial charge in [0.1, 0.15) is 0 Å². The van der Waals surface area contributed by atoms with Crippen LogP contribution in [-0.2, 0) is 4.79 Å². The van der Waals surface area contributed by atoms with E-state index < -0.39 is 0 Å². The number of hydrogen-bond acceptors (Lipinski definition) is 4. The Bertz CT molecular complexity index is 1030. The van der Waals surface area contributed by atoms with Gasteiger partial charge in [-0.05, 0) is 57.4 Å². The number of aromatic nitrogens is 3. The Labute approximate surface area is 190 Å². The number of aryl methyl sites for hydroxylation is 1. The predicted octanol–water partition coefficient (Wildman–Crippen LogP) is 5.94. The third kappa shape index (κ3) is 5.55. The average molecular weight is 433 g/mol. The lowest BCUT2D eigenvalue weighted by Crippen LogP contribution is -2.12. The summed E-state index contributed by atoms with van der Waals surface area (Å²) in [7, 11) is 0. The van der Waals surface area contributed by atoms with E-state index in [1.54, 1.807) is 4.68 Å². The Morgan fingerprint density at radius 3 is 2.44 bits per heavy atom. The van der Waals surface area contributed by atoms with Crippen molar-refractivity contribution in [3.63, 3.8) is 0 Å². The zero-order valence-electron chi connectivity index (χ0n) is 19.2. The monoisotopic (exact) mass is 432 g/mol. The molecule has 32 heavy (non-hydrogen) atoms. The van der Waals surface area contributed by atoms with Gasteiger partial charge in [0, 0.05) is 17.7 Å². The van der Waals surface area contributed by atoms with E-state index in [0.29, 0.717) is 18.3 Å². The fourth-order valence-corrected chi connectivity index (χ4v) is 4.17. The molecule has 1 saturated carbocycles. The minimum Gasteiger partial charge on any atom is -0.460 e. The Kier molecular flexibility index (Phi) is 6.88. The van der Waals surface area contributed by atoms with Crippen LogP contribution in [-0.4, -0.2) is 26.8 Å². The minimum atomic E-state index is -0.0152. The number of benzene rings is 2. The van der Waals surface area contributed by atoms with Crippen molar-refractivity contribution in [3.8, 4) is 23.1 Å². The van der Waals surface area contributed by atoms with Gasteiger partial charge in [0.2, 0.25) is 5.91 Å². The van der Waals surface area contributed by atoms with Crippen LogP contribution in [0.1, 0.15) is 57.9 Å². The van der Waals surface area contributed by atoms with Crippen LogP contribution < -0.4 is 10.1 Å². The van der Waals surface area contributed by atoms with Gasteiger partial charge in [0.15, 0.2) is 5.82 Å². The van der Waals surface area contributed by atoms with Gasteiger partial charge in [-0.1, -0.05) is 55.5 Å². The van der Waals surface area contributed by atoms with E-state index in [0.717, 1.165) is 29.3 Å². The van der Waals surface area contributed by atoms with Gasteiger partial charge in [-0.15, -0.1) is 5.10 Å². The maximum atomic E-state index is 12.3. The lowest BCUT2D eigenvalue weighted by Gasteiger charge is -2.10. The molecule has 0 radical (unpaired) electrons. The summed E-state index contributed by atoms with van der Waals surface area (Å²) in [4.78, 5) is 17.0. The first-order chi connectivity index (χ1) is 15.5. The number of carbonyl (C=O) groups excluding carboxylic acids is 1. The molecule has 1 aliphatic rings. The molecule has 0 aliphatic heterocycles. The Morgan fingerprint density at radius 1 is 1.09 bits per heavy atom. The topological polar surface area (TPSA) is 69.0 Å². The smallest absolute Gasteiger partial charge is 0.336 e. The van der Waals surface area contributed by atoms with Gasteiger partial charge in [0.25, 0.3) is 0 Å². The molecule has 0 bridgehead atoms. The molecule has 0 spiro atoms. The maximum Gasteiger partial charge on any atom is 0.336 e. The number of rotatable bonds is 8. The van der Waals surface area contributed by atoms with Crippen LogP contribution >= 0.6 is 0 Å². The number of hydrogen-bond donors (Lipinski definition) is 1. The predicted molar refractivity (Wildman–Crippen MR) is 127 cm³/mol. The lowest BCUT2D eigenvalue weighted by atomic mass is 10.0. The molecule has 1 aliphatic carbocycles. The van der Waals surface area contributed by atoms with Crippen LogP contribution in [0.2, 0.25) is 0 Å². The lowest BCUT2D eigenvalue weighted by molar-refractivity contribution is -0.116. The van der Waals surface area contributed by atoms with Gasteiger partial charge in [-0.3, -0.25) is 4.79 Å². The van der Waals surface area contributed by atoms with E-state index in [4.69, 9.17) is 4.74 Å². The molecule has 0 atom stereocenters. The molecule has 6 heteroatoms. The van der Waals surface area contributed by atoms with Crippen molar-refractivity contribution in [2.75, 3.05) is 5.32 Å². The minimum absolute atomic E-state index is 0.0152. The van der Waals surface area contributed by atoms with Crippen LogP contribution in [0.4, 0.5) is 5.69 Å². The first kappa shape index (κ1) is 22.1. The third-order valence-corrected chi connectivity index (χ3v) is 5.89. The second-order valence-corrected chi connectivity index (χ2v) is 8.95. The van der Waals surface area contributed by atoms with Crippen molar-refractivity contribution in [1.82, 2.24) is 14.8 Å². The van der Waals surface area contributed by atoms with E-state index >= 15 is 0 Å². The summed E-state index contributed by atoms with van der Waals surface area (Å²) in [5, 5.41) is 7.60. The molecule has 4 rings (SSSR count). The zero-order chi connectivity index (χ0) is 22.5. The van der Waals surface area contributed by atoms with Crippen LogP contribution in [0.5, 0.6) is 6.01 Å². The first-order valence-electron chi connectivity index (χ1n) is 11.6. The summed E-state index contributed by atoms with van der Waals surface area (Å²) in [6.07, 6.45) is 6.72. The van der Waals surface area contributed by atoms with Gasteiger partial charge < -0.3 is 10.1 Å². The fraction of sp³-hybridized carbons (Fsp3) is 0.423. The van der Waals surface area contributed by atoms with Gasteiger partial charge in [0.05, 0.1) is 11.8 Å². The molecule has 1 N–H and O–H groups in total. The molecule has 1 heterocycles. The molecule has 1 aromatic heterocycles. The maximum absolute atomic E-state index is 12.3. The Hall–Kier alpha value is -3.15. The number of amides is 1. The summed E-state index contributed by atoms with van der Waals surface area (Å²) in [5.41, 5.74) is 3.80. The second-order valence-electron chi connectivity index (χ2n) is 8.95. The van der Waals surface area contributed by atoms with Gasteiger partial charge in [-0.2, -0.15) is 4.98 Å². The van der Waals surface area contributed by atoms with Gasteiger partial charge >= 0.3 is 6.01 Å². The zero-order valence-corrected chi connectivity index (χ0v) is 19.2. The number of nitrogens with zero attached hydrogens (tertiary/aromatic N) is 3. The molecular weight excluding hydrogens is 400 g/mol. The normalized spacial score (nSPS) is 14.1. The molecular formula is C26H32N4O2. The molecule has 2 aromatic carbocycles. The number of anilines is 1. The second kappa shape index (κ2) is 9.98. The summed E-state index contributed by atoms with van der Waals surface area (Å²) >= 11 is 0. The van der Waals surface area contributed by atoms with Gasteiger partial charge in [-0.25, -0.2) is 4.68 Å². The molecule has 168 valence electrons. The Balaban J connectivity index is 1.50. The van der Waals surface area contributed by atoms with Crippen molar-refractivity contribution >= 4 is 11.6 Å². The van der Waals surface area contributed by atoms with E-state index in [2.05, 4.69) is 34.5 Å². The Morgan fingerprint density at radius 2 is 1.78 bits per heavy atom. The van der Waals surface area contributed by atoms with Crippen molar-refractivity contribution in [1.29, 1.82) is 0 Å². The van der Waals surface area contributed by atoms with Crippen molar-refractivity contribution in [2.24, 2.45) is 5.92 Å². The third-order valence-electron chi connectivity index (χ3n) is 5.89. The summed E-state index contributed by atoms with van der Waals surface area (Å²) in [5.74, 6) is 1.52. The summed E-state index contributed by atoms with van der Waals surface area (Å²) in [6.45, 7) is 5.97. The van der Waals surface area contributed by atoms with Crippen molar-refractivity contribution in [2.45, 2.75) is 65.4 Å². The highest BCUT2D eigenvalue weighted by Crippen LogP contribution is 2.29. The van der Waals surface area contributed by atoms with Crippen LogP contribution in [0.3, 0.4) is 0 Å². The fourth-order valence-electron chi connectivity index (χ4n) is 4.17. The quantitative estimate of drug-likeness (QED) is 0.478. The summed E-state index contributed by atoms with van der Waals surface area (Å²) < 4.78 is 7.53. The number of carbonyl (C=O) groups is 1. The average Bonchev–Trinajstić information content (AvgIpc) is 3.43. The van der Waals surface area contributed by atoms with E-state index in [9.17, 15) is 4.79 Å². The molecule has 1 amide bonds. The van der Waals surface area contributed by atoms with Crippen LogP contribution in [0, 0.1) is 12.8 Å². The largest absolute Gasteiger partial charge is 0.460 e. The molecule has 0 saturated heterocycles. The molecule has 6 nitrogen and oxygen atoms in total. The standard InChI is InChI=1S/C26H32N4O2/c1-18(2)32-26-28-25(21-11-8-19(3)9-12-21)30(29-26)23-15-13-22(14-16-23)27-24(31)17-10-20-6-4-5-7-20/h8-9,11-16,18,20H,4-7,10,17H2,1-3H3,(H,27,31). The SMILES string of the molecule is Cc1ccc(-c2nc(OC(C)C)nn2-c2ccc(NC(=O)CCC3CCCC3)cc2)cc1. The van der Waals surface area contributed by atoms with E-state index in [1.165, 1.54) is 31.2 Å². The first-order valence-corrected chi connectivity index (χ1v) is 11.6. The van der Waals surface area contributed by atoms with Crippen molar-refractivity contribution < 1.29 is 9.53 Å². The van der Waals surface area contributed by atoms with E-state index in [-0.39, 0.29) is 12.0 Å². The van der Waals surface area contributed by atoms with Crippen LogP contribution in [0.15, 0.2) is 48.5 Å². The molecule has 1 fully saturated rings. The number of nitrogens with one attached hydrogen (secondary N) is 1. The van der Waals surface area contributed by atoms with Crippen LogP contribution in [0.25, 0.3) is 17.1 Å². The molecule has 3 aromatic rings. The van der Waals surface area contributed by atoms with Crippen molar-refractivity contribution in [3.05, 3.63) is 54.1 Å². The van der Waals surface area contributed by atoms with E-state index in [1.807, 2.05) is 50.2 Å². The number of ether oxygens (including phenoxy) is 1.